The van der Waals surface area contributed by atoms with Crippen molar-refractivity contribution in [2.24, 2.45) is 0 Å². The van der Waals surface area contributed by atoms with Crippen LogP contribution in [0.25, 0.3) is 11.4 Å². The third-order valence-corrected chi connectivity index (χ3v) is 4.68. The Balaban J connectivity index is 1.81. The topological polar surface area (TPSA) is 85.6 Å². The van der Waals surface area contributed by atoms with E-state index >= 15 is 0 Å². The molecule has 1 atom stereocenters. The average molecular weight is 364 g/mol. The molecule has 0 saturated carbocycles. The molecular formula is C20H24N6O. The number of carbonyl (C=O) groups is 1. The molecule has 0 aliphatic carbocycles. The van der Waals surface area contributed by atoms with Crippen LogP contribution in [0.2, 0.25) is 0 Å². The molecule has 0 radical (unpaired) electrons. The number of hydrogen-bond donors (Lipinski definition) is 1. The van der Waals surface area contributed by atoms with Crippen LogP contribution in [-0.4, -0.2) is 30.6 Å². The van der Waals surface area contributed by atoms with Crippen molar-refractivity contribution in [1.29, 1.82) is 0 Å². The molecule has 0 bridgehead atoms. The van der Waals surface area contributed by atoms with Crippen LogP contribution in [0.3, 0.4) is 0 Å². The zero-order valence-electron chi connectivity index (χ0n) is 16.3. The van der Waals surface area contributed by atoms with E-state index in [1.807, 2.05) is 51.4 Å². The number of aromatic nitrogens is 5. The quantitative estimate of drug-likeness (QED) is 0.751. The molecule has 3 heterocycles. The molecule has 1 N–H and O–H groups in total. The minimum atomic E-state index is -0.215. The summed E-state index contributed by atoms with van der Waals surface area (Å²) in [5, 5.41) is 7.47. The van der Waals surface area contributed by atoms with Crippen molar-refractivity contribution in [3.63, 3.8) is 0 Å². The van der Waals surface area contributed by atoms with E-state index in [4.69, 9.17) is 0 Å². The van der Waals surface area contributed by atoms with Gasteiger partial charge in [0.05, 0.1) is 17.3 Å². The van der Waals surface area contributed by atoms with Gasteiger partial charge in [-0.05, 0) is 46.8 Å². The lowest BCUT2D eigenvalue weighted by molar-refractivity contribution is 0.0938. The summed E-state index contributed by atoms with van der Waals surface area (Å²) in [6.07, 6.45) is 5.20. The molecule has 1 unspecified atom stereocenters. The van der Waals surface area contributed by atoms with Crippen molar-refractivity contribution in [3.05, 3.63) is 58.9 Å². The number of pyridine rings is 1. The van der Waals surface area contributed by atoms with Gasteiger partial charge in [0.1, 0.15) is 0 Å². The van der Waals surface area contributed by atoms with E-state index in [2.05, 4.69) is 25.4 Å². The Bertz CT molecular complexity index is 964. The first-order chi connectivity index (χ1) is 12.9. The second-order valence-corrected chi connectivity index (χ2v) is 6.53. The SMILES string of the molecule is CCn1nc(C)c(C(=O)NC(C)c2cnc(-c3ccncc3)nc2C)c1C. The highest BCUT2D eigenvalue weighted by atomic mass is 16.1. The molecule has 0 aromatic carbocycles. The molecule has 7 heteroatoms. The molecule has 7 nitrogen and oxygen atoms in total. The van der Waals surface area contributed by atoms with Gasteiger partial charge in [-0.25, -0.2) is 9.97 Å². The van der Waals surface area contributed by atoms with Crippen LogP contribution < -0.4 is 5.32 Å². The minimum Gasteiger partial charge on any atom is -0.345 e. The van der Waals surface area contributed by atoms with Crippen LogP contribution in [0.4, 0.5) is 0 Å². The third-order valence-electron chi connectivity index (χ3n) is 4.68. The maximum absolute atomic E-state index is 12.8. The highest BCUT2D eigenvalue weighted by molar-refractivity contribution is 5.96. The molecule has 27 heavy (non-hydrogen) atoms. The van der Waals surface area contributed by atoms with E-state index in [9.17, 15) is 4.79 Å². The van der Waals surface area contributed by atoms with Gasteiger partial charge < -0.3 is 5.32 Å². The predicted molar refractivity (Wildman–Crippen MR) is 103 cm³/mol. The number of nitrogens with one attached hydrogen (secondary N) is 1. The van der Waals surface area contributed by atoms with Crippen LogP contribution in [0.1, 0.15) is 52.9 Å². The van der Waals surface area contributed by atoms with Crippen LogP contribution in [0.5, 0.6) is 0 Å². The summed E-state index contributed by atoms with van der Waals surface area (Å²) in [6.45, 7) is 10.4. The molecule has 140 valence electrons. The maximum Gasteiger partial charge on any atom is 0.255 e. The summed E-state index contributed by atoms with van der Waals surface area (Å²) >= 11 is 0. The molecule has 3 aromatic rings. The fourth-order valence-corrected chi connectivity index (χ4v) is 3.22. The van der Waals surface area contributed by atoms with Crippen molar-refractivity contribution in [2.75, 3.05) is 0 Å². The highest BCUT2D eigenvalue weighted by Gasteiger charge is 2.21. The molecule has 3 aromatic heterocycles. The smallest absolute Gasteiger partial charge is 0.255 e. The van der Waals surface area contributed by atoms with Gasteiger partial charge in [-0.1, -0.05) is 0 Å². The van der Waals surface area contributed by atoms with Gasteiger partial charge in [0.15, 0.2) is 5.82 Å². The van der Waals surface area contributed by atoms with Gasteiger partial charge in [-0.15, -0.1) is 0 Å². The number of rotatable bonds is 5. The molecule has 3 rings (SSSR count). The maximum atomic E-state index is 12.8. The van der Waals surface area contributed by atoms with Crippen LogP contribution >= 0.6 is 0 Å². The number of hydrogen-bond acceptors (Lipinski definition) is 5. The monoisotopic (exact) mass is 364 g/mol. The summed E-state index contributed by atoms with van der Waals surface area (Å²) in [5.41, 5.74) is 4.88. The van der Waals surface area contributed by atoms with Crippen molar-refractivity contribution < 1.29 is 4.79 Å². The first kappa shape index (κ1) is 18.7. The summed E-state index contributed by atoms with van der Waals surface area (Å²) in [7, 11) is 0. The van der Waals surface area contributed by atoms with E-state index in [1.54, 1.807) is 18.6 Å². The number of nitrogens with zero attached hydrogens (tertiary/aromatic N) is 5. The fourth-order valence-electron chi connectivity index (χ4n) is 3.22. The second-order valence-electron chi connectivity index (χ2n) is 6.53. The van der Waals surface area contributed by atoms with Gasteiger partial charge in [0.25, 0.3) is 5.91 Å². The van der Waals surface area contributed by atoms with Crippen LogP contribution in [0.15, 0.2) is 30.7 Å². The van der Waals surface area contributed by atoms with Gasteiger partial charge in [0, 0.05) is 47.7 Å². The van der Waals surface area contributed by atoms with E-state index in [0.717, 1.165) is 34.8 Å². The Morgan fingerprint density at radius 3 is 2.48 bits per heavy atom. The first-order valence-electron chi connectivity index (χ1n) is 9.01. The predicted octanol–water partition coefficient (Wildman–Crippen LogP) is 3.17. The van der Waals surface area contributed by atoms with Gasteiger partial charge >= 0.3 is 0 Å². The van der Waals surface area contributed by atoms with Crippen molar-refractivity contribution in [2.45, 2.75) is 47.2 Å². The Labute approximate surface area is 158 Å². The molecule has 0 spiro atoms. The molecule has 0 aliphatic rings. The highest BCUT2D eigenvalue weighted by Crippen LogP contribution is 2.21. The molecule has 0 fully saturated rings. The zero-order valence-corrected chi connectivity index (χ0v) is 16.3. The largest absolute Gasteiger partial charge is 0.345 e. The Morgan fingerprint density at radius 2 is 1.89 bits per heavy atom. The normalized spacial score (nSPS) is 12.0. The molecular weight excluding hydrogens is 340 g/mol. The third kappa shape index (κ3) is 3.72. The zero-order chi connectivity index (χ0) is 19.6. The van der Waals surface area contributed by atoms with Crippen molar-refractivity contribution in [3.8, 4) is 11.4 Å². The number of aryl methyl sites for hydroxylation is 3. The van der Waals surface area contributed by atoms with E-state index in [1.165, 1.54) is 0 Å². The average Bonchev–Trinajstić information content (AvgIpc) is 2.95. The van der Waals surface area contributed by atoms with Gasteiger partial charge in [-0.2, -0.15) is 5.10 Å². The second kappa shape index (κ2) is 7.65. The van der Waals surface area contributed by atoms with Crippen molar-refractivity contribution in [1.82, 2.24) is 30.0 Å². The molecule has 0 aliphatic heterocycles. The minimum absolute atomic E-state index is 0.130. The first-order valence-corrected chi connectivity index (χ1v) is 9.01. The summed E-state index contributed by atoms with van der Waals surface area (Å²) in [4.78, 5) is 25.8. The van der Waals surface area contributed by atoms with Crippen LogP contribution in [0, 0.1) is 20.8 Å². The summed E-state index contributed by atoms with van der Waals surface area (Å²) < 4.78 is 1.84. The van der Waals surface area contributed by atoms with E-state index in [0.29, 0.717) is 11.4 Å². The standard InChI is InChI=1S/C20H24N6O/c1-6-26-15(5)18(14(4)25-26)20(27)24-13(3)17-11-22-19(23-12(17)2)16-7-9-21-10-8-16/h7-11,13H,6H2,1-5H3,(H,24,27). The van der Waals surface area contributed by atoms with Crippen molar-refractivity contribution >= 4 is 5.91 Å². The van der Waals surface area contributed by atoms with Gasteiger partial charge in [-0.3, -0.25) is 14.5 Å². The Hall–Kier alpha value is -3.09. The van der Waals surface area contributed by atoms with E-state index < -0.39 is 0 Å². The Kier molecular flexibility index (Phi) is 5.30. The molecule has 1 amide bonds. The van der Waals surface area contributed by atoms with E-state index in [-0.39, 0.29) is 11.9 Å². The molecule has 0 saturated heterocycles. The number of carbonyl (C=O) groups excluding carboxylic acids is 1. The van der Waals surface area contributed by atoms with Gasteiger partial charge in [0.2, 0.25) is 0 Å². The lowest BCUT2D eigenvalue weighted by Gasteiger charge is -2.16. The van der Waals surface area contributed by atoms with Crippen LogP contribution in [-0.2, 0) is 6.54 Å². The summed E-state index contributed by atoms with van der Waals surface area (Å²) in [5.74, 6) is 0.517. The fraction of sp³-hybridized carbons (Fsp3) is 0.350. The Morgan fingerprint density at radius 1 is 1.19 bits per heavy atom. The lowest BCUT2D eigenvalue weighted by Crippen LogP contribution is -2.28. The lowest BCUT2D eigenvalue weighted by atomic mass is 10.1. The summed E-state index contributed by atoms with van der Waals surface area (Å²) in [6, 6.07) is 3.53. The number of amides is 1.